The number of halogens is 4. The molecule has 1 aromatic carbocycles. The van der Waals surface area contributed by atoms with Gasteiger partial charge in [0.05, 0.1) is 17.7 Å². The first-order valence-electron chi connectivity index (χ1n) is 5.21. The lowest BCUT2D eigenvalue weighted by molar-refractivity contribution is -0.174. The Balaban J connectivity index is 2.20. The molecule has 0 saturated carbocycles. The van der Waals surface area contributed by atoms with E-state index in [1.807, 2.05) is 0 Å². The Kier molecular flexibility index (Phi) is 5.74. The predicted molar refractivity (Wildman–Crippen MR) is 65.5 cm³/mol. The van der Waals surface area contributed by atoms with Gasteiger partial charge in [0.15, 0.2) is 0 Å². The van der Waals surface area contributed by atoms with Gasteiger partial charge in [-0.25, -0.2) is 0 Å². The first-order chi connectivity index (χ1) is 8.40. The zero-order valence-electron chi connectivity index (χ0n) is 9.47. The van der Waals surface area contributed by atoms with E-state index in [4.69, 9.17) is 10.5 Å². The highest BCUT2D eigenvalue weighted by molar-refractivity contribution is 9.10. The molecule has 0 heterocycles. The van der Waals surface area contributed by atoms with Crippen molar-refractivity contribution in [2.75, 3.05) is 25.6 Å². The van der Waals surface area contributed by atoms with Crippen molar-refractivity contribution in [2.45, 2.75) is 12.6 Å². The Morgan fingerprint density at radius 1 is 1.22 bits per heavy atom. The molecule has 2 N–H and O–H groups in total. The average molecular weight is 328 g/mol. The molecule has 1 rings (SSSR count). The van der Waals surface area contributed by atoms with Crippen LogP contribution in [0.5, 0.6) is 5.75 Å². The van der Waals surface area contributed by atoms with Crippen LogP contribution in [0.2, 0.25) is 0 Å². The molecule has 7 heteroatoms. The second kappa shape index (κ2) is 6.84. The van der Waals surface area contributed by atoms with Crippen LogP contribution < -0.4 is 10.5 Å². The quantitative estimate of drug-likeness (QED) is 0.643. The summed E-state index contributed by atoms with van der Waals surface area (Å²) in [6.07, 6.45) is -3.91. The molecule has 0 atom stereocenters. The van der Waals surface area contributed by atoms with E-state index >= 15 is 0 Å². The second-order valence-electron chi connectivity index (χ2n) is 3.53. The maximum atomic E-state index is 11.8. The van der Waals surface area contributed by atoms with Gasteiger partial charge in [-0.1, -0.05) is 6.07 Å². The normalized spacial score (nSPS) is 11.6. The van der Waals surface area contributed by atoms with Crippen LogP contribution in [0.15, 0.2) is 22.7 Å². The van der Waals surface area contributed by atoms with Crippen molar-refractivity contribution < 1.29 is 22.6 Å². The second-order valence-corrected chi connectivity index (χ2v) is 4.32. The molecule has 0 bridgehead atoms. The molecule has 0 amide bonds. The van der Waals surface area contributed by atoms with Crippen LogP contribution in [0.1, 0.15) is 6.42 Å². The molecule has 1 aromatic rings. The van der Waals surface area contributed by atoms with E-state index in [1.165, 1.54) is 0 Å². The fourth-order valence-electron chi connectivity index (χ4n) is 1.17. The maximum Gasteiger partial charge on any atom is 0.411 e. The number of alkyl halides is 3. The molecule has 0 aromatic heterocycles. The topological polar surface area (TPSA) is 44.5 Å². The van der Waals surface area contributed by atoms with E-state index in [0.717, 1.165) is 0 Å². The highest BCUT2D eigenvalue weighted by atomic mass is 79.9. The third kappa shape index (κ3) is 5.59. The zero-order chi connectivity index (χ0) is 13.6. The minimum Gasteiger partial charge on any atom is -0.492 e. The van der Waals surface area contributed by atoms with Crippen molar-refractivity contribution in [3.05, 3.63) is 22.7 Å². The van der Waals surface area contributed by atoms with Crippen LogP contribution in [-0.2, 0) is 4.74 Å². The van der Waals surface area contributed by atoms with Crippen LogP contribution in [0.3, 0.4) is 0 Å². The summed E-state index contributed by atoms with van der Waals surface area (Å²) >= 11 is 3.26. The molecule has 0 unspecified atom stereocenters. The van der Waals surface area contributed by atoms with E-state index < -0.39 is 12.8 Å². The molecule has 0 spiro atoms. The van der Waals surface area contributed by atoms with Gasteiger partial charge < -0.3 is 15.2 Å². The molecule has 0 fully saturated rings. The molecule has 0 radical (unpaired) electrons. The number of nitrogen functional groups attached to an aromatic ring is 1. The van der Waals surface area contributed by atoms with Crippen molar-refractivity contribution in [1.29, 1.82) is 0 Å². The van der Waals surface area contributed by atoms with Crippen LogP contribution in [0.25, 0.3) is 0 Å². The van der Waals surface area contributed by atoms with Crippen LogP contribution in [-0.4, -0.2) is 26.0 Å². The van der Waals surface area contributed by atoms with Crippen LogP contribution in [0, 0.1) is 0 Å². The van der Waals surface area contributed by atoms with Gasteiger partial charge in [-0.05, 0) is 28.1 Å². The molecule has 0 aliphatic carbocycles. The Bertz CT molecular complexity index is 385. The van der Waals surface area contributed by atoms with E-state index in [-0.39, 0.29) is 13.2 Å². The smallest absolute Gasteiger partial charge is 0.411 e. The molecule has 0 aliphatic rings. The molecule has 0 saturated heterocycles. The van der Waals surface area contributed by atoms with Gasteiger partial charge in [0.25, 0.3) is 0 Å². The number of benzene rings is 1. The van der Waals surface area contributed by atoms with Crippen LogP contribution >= 0.6 is 15.9 Å². The van der Waals surface area contributed by atoms with Crippen molar-refractivity contribution in [3.63, 3.8) is 0 Å². The Labute approximate surface area is 111 Å². The third-order valence-electron chi connectivity index (χ3n) is 1.95. The van der Waals surface area contributed by atoms with Gasteiger partial charge in [-0.2, -0.15) is 13.2 Å². The lowest BCUT2D eigenvalue weighted by Gasteiger charge is -2.10. The van der Waals surface area contributed by atoms with E-state index in [2.05, 4.69) is 20.7 Å². The number of ether oxygens (including phenoxy) is 2. The van der Waals surface area contributed by atoms with Gasteiger partial charge in [-0.15, -0.1) is 0 Å². The standard InChI is InChI=1S/C11H13BrF3NO2/c12-10-8(16)3-1-4-9(10)18-6-2-5-17-7-11(13,14)15/h1,3-4H,2,5-7,16H2. The fraction of sp³-hybridized carbons (Fsp3) is 0.455. The summed E-state index contributed by atoms with van der Waals surface area (Å²) in [7, 11) is 0. The summed E-state index contributed by atoms with van der Waals surface area (Å²) in [6, 6.07) is 5.16. The monoisotopic (exact) mass is 327 g/mol. The summed E-state index contributed by atoms with van der Waals surface area (Å²) in [5.74, 6) is 0.561. The summed E-state index contributed by atoms with van der Waals surface area (Å²) in [4.78, 5) is 0. The summed E-state index contributed by atoms with van der Waals surface area (Å²) in [5.41, 5.74) is 6.19. The largest absolute Gasteiger partial charge is 0.492 e. The first kappa shape index (κ1) is 15.1. The molecular formula is C11H13BrF3NO2. The molecular weight excluding hydrogens is 315 g/mol. The van der Waals surface area contributed by atoms with Crippen molar-refractivity contribution in [1.82, 2.24) is 0 Å². The Morgan fingerprint density at radius 2 is 1.94 bits per heavy atom. The summed E-state index contributed by atoms with van der Waals surface area (Å²) in [6.45, 7) is -0.964. The van der Waals surface area contributed by atoms with E-state index in [0.29, 0.717) is 22.3 Å². The molecule has 18 heavy (non-hydrogen) atoms. The number of hydrogen-bond acceptors (Lipinski definition) is 3. The third-order valence-corrected chi connectivity index (χ3v) is 2.80. The van der Waals surface area contributed by atoms with Gasteiger partial charge in [-0.3, -0.25) is 0 Å². The van der Waals surface area contributed by atoms with Crippen LogP contribution in [0.4, 0.5) is 18.9 Å². The van der Waals surface area contributed by atoms with Crippen molar-refractivity contribution in [2.24, 2.45) is 0 Å². The van der Waals surface area contributed by atoms with Gasteiger partial charge in [0.1, 0.15) is 12.4 Å². The average Bonchev–Trinajstić information content (AvgIpc) is 2.27. The Hall–Kier alpha value is -0.950. The highest BCUT2D eigenvalue weighted by Gasteiger charge is 2.27. The SMILES string of the molecule is Nc1cccc(OCCCOCC(F)(F)F)c1Br. The van der Waals surface area contributed by atoms with E-state index in [9.17, 15) is 13.2 Å². The van der Waals surface area contributed by atoms with Gasteiger partial charge in [0.2, 0.25) is 0 Å². The minimum atomic E-state index is -4.28. The number of hydrogen-bond donors (Lipinski definition) is 1. The summed E-state index contributed by atoms with van der Waals surface area (Å²) in [5, 5.41) is 0. The fourth-order valence-corrected chi connectivity index (χ4v) is 1.55. The minimum absolute atomic E-state index is 0.000551. The highest BCUT2D eigenvalue weighted by Crippen LogP contribution is 2.30. The van der Waals surface area contributed by atoms with Crippen molar-refractivity contribution in [3.8, 4) is 5.75 Å². The van der Waals surface area contributed by atoms with Crippen molar-refractivity contribution >= 4 is 21.6 Å². The Morgan fingerprint density at radius 3 is 2.61 bits per heavy atom. The number of nitrogens with two attached hydrogens (primary N) is 1. The summed E-state index contributed by atoms with van der Waals surface area (Å²) < 4.78 is 45.7. The lowest BCUT2D eigenvalue weighted by atomic mass is 10.3. The zero-order valence-corrected chi connectivity index (χ0v) is 11.1. The number of rotatable bonds is 6. The molecule has 102 valence electrons. The molecule has 3 nitrogen and oxygen atoms in total. The molecule has 0 aliphatic heterocycles. The van der Waals surface area contributed by atoms with Gasteiger partial charge in [0, 0.05) is 12.1 Å². The maximum absolute atomic E-state index is 11.8. The lowest BCUT2D eigenvalue weighted by Crippen LogP contribution is -2.18. The predicted octanol–water partition coefficient (Wildman–Crippen LogP) is 3.38. The first-order valence-corrected chi connectivity index (χ1v) is 6.01. The number of anilines is 1. The van der Waals surface area contributed by atoms with E-state index in [1.54, 1.807) is 18.2 Å². The van der Waals surface area contributed by atoms with Gasteiger partial charge >= 0.3 is 6.18 Å².